The molecule has 2 aromatic heterocycles. The van der Waals surface area contributed by atoms with E-state index >= 15 is 0 Å². The van der Waals surface area contributed by atoms with Gasteiger partial charge < -0.3 is 5.32 Å². The van der Waals surface area contributed by atoms with Gasteiger partial charge in [0.05, 0.1) is 11.2 Å². The van der Waals surface area contributed by atoms with Crippen molar-refractivity contribution in [2.24, 2.45) is 5.92 Å². The van der Waals surface area contributed by atoms with Crippen LogP contribution >= 0.6 is 0 Å². The van der Waals surface area contributed by atoms with Gasteiger partial charge in [0.25, 0.3) is 0 Å². The zero-order valence-electron chi connectivity index (χ0n) is 13.2. The Morgan fingerprint density at radius 3 is 2.78 bits per heavy atom. The lowest BCUT2D eigenvalue weighted by atomic mass is 10.1. The predicted octanol–water partition coefficient (Wildman–Crippen LogP) is 3.39. The molecule has 0 radical (unpaired) electrons. The van der Waals surface area contributed by atoms with Gasteiger partial charge in [-0.05, 0) is 44.4 Å². The third-order valence-electron chi connectivity index (χ3n) is 4.16. The highest BCUT2D eigenvalue weighted by atomic mass is 16.2. The lowest BCUT2D eigenvalue weighted by Gasteiger charge is -2.10. The molecule has 0 spiro atoms. The van der Waals surface area contributed by atoms with E-state index in [9.17, 15) is 4.79 Å². The maximum absolute atomic E-state index is 12.1. The van der Waals surface area contributed by atoms with E-state index < -0.39 is 0 Å². The first-order chi connectivity index (χ1) is 11.1. The molecule has 0 aliphatic heterocycles. The lowest BCUT2D eigenvalue weighted by molar-refractivity contribution is -0.117. The van der Waals surface area contributed by atoms with Gasteiger partial charge in [-0.25, -0.2) is 4.98 Å². The largest absolute Gasteiger partial charge is 0.310 e. The Morgan fingerprint density at radius 1 is 1.22 bits per heavy atom. The van der Waals surface area contributed by atoms with Gasteiger partial charge in [-0.1, -0.05) is 18.2 Å². The maximum Gasteiger partial charge on any atom is 0.228 e. The van der Waals surface area contributed by atoms with E-state index in [2.05, 4.69) is 23.4 Å². The average Bonchev–Trinajstić information content (AvgIpc) is 3.32. The number of benzene rings is 1. The first-order valence-corrected chi connectivity index (χ1v) is 7.86. The van der Waals surface area contributed by atoms with Crippen LogP contribution in [0, 0.1) is 19.8 Å². The molecule has 1 aromatic carbocycles. The Hall–Kier alpha value is -2.69. The minimum atomic E-state index is 0.0728. The normalized spacial score (nSPS) is 14.2. The molecule has 1 aliphatic carbocycles. The molecule has 0 atom stereocenters. The molecule has 1 saturated carbocycles. The van der Waals surface area contributed by atoms with E-state index in [1.54, 1.807) is 4.68 Å². The summed E-state index contributed by atoms with van der Waals surface area (Å²) in [4.78, 5) is 16.8. The Bertz CT molecular complexity index is 909. The van der Waals surface area contributed by atoms with E-state index in [4.69, 9.17) is 4.98 Å². The summed E-state index contributed by atoms with van der Waals surface area (Å²) in [5.41, 5.74) is 2.91. The zero-order chi connectivity index (χ0) is 16.0. The molecule has 116 valence electrons. The summed E-state index contributed by atoms with van der Waals surface area (Å²) in [5, 5.41) is 8.61. The molecule has 23 heavy (non-hydrogen) atoms. The minimum Gasteiger partial charge on any atom is -0.310 e. The van der Waals surface area contributed by atoms with Crippen molar-refractivity contribution in [2.75, 3.05) is 5.32 Å². The van der Waals surface area contributed by atoms with E-state index in [1.165, 1.54) is 0 Å². The number of hydrogen-bond acceptors (Lipinski definition) is 3. The van der Waals surface area contributed by atoms with Crippen LogP contribution in [0.1, 0.15) is 24.1 Å². The number of fused-ring (bicyclic) bond motifs is 1. The highest BCUT2D eigenvalue weighted by Crippen LogP contribution is 2.30. The average molecular weight is 306 g/mol. The lowest BCUT2D eigenvalue weighted by Crippen LogP contribution is -2.16. The Balaban J connectivity index is 1.79. The van der Waals surface area contributed by atoms with Crippen molar-refractivity contribution in [3.63, 3.8) is 0 Å². The number of rotatable bonds is 3. The van der Waals surface area contributed by atoms with Gasteiger partial charge in [-0.3, -0.25) is 4.79 Å². The molecule has 4 rings (SSSR count). The summed E-state index contributed by atoms with van der Waals surface area (Å²) < 4.78 is 1.72. The Morgan fingerprint density at radius 2 is 2.00 bits per heavy atom. The summed E-state index contributed by atoms with van der Waals surface area (Å²) in [6, 6.07) is 11.9. The summed E-state index contributed by atoms with van der Waals surface area (Å²) >= 11 is 0. The molecule has 0 saturated heterocycles. The molecule has 1 amide bonds. The van der Waals surface area contributed by atoms with Crippen molar-refractivity contribution in [1.82, 2.24) is 14.8 Å². The Labute approximate surface area is 134 Å². The van der Waals surface area contributed by atoms with Gasteiger partial charge >= 0.3 is 0 Å². The first kappa shape index (κ1) is 13.9. The monoisotopic (exact) mass is 306 g/mol. The molecule has 5 heteroatoms. The van der Waals surface area contributed by atoms with Gasteiger partial charge in [0.15, 0.2) is 5.82 Å². The van der Waals surface area contributed by atoms with E-state index in [-0.39, 0.29) is 11.8 Å². The van der Waals surface area contributed by atoms with Crippen LogP contribution in [0.5, 0.6) is 0 Å². The number of aryl methyl sites for hydroxylation is 2. The highest BCUT2D eigenvalue weighted by molar-refractivity contribution is 5.93. The molecular formula is C18H18N4O. The van der Waals surface area contributed by atoms with Gasteiger partial charge in [0.1, 0.15) is 5.82 Å². The molecule has 1 fully saturated rings. The molecule has 5 nitrogen and oxygen atoms in total. The molecule has 1 aliphatic rings. The van der Waals surface area contributed by atoms with Crippen LogP contribution < -0.4 is 5.32 Å². The van der Waals surface area contributed by atoms with Crippen molar-refractivity contribution in [3.8, 4) is 5.82 Å². The second-order valence-corrected chi connectivity index (χ2v) is 6.16. The topological polar surface area (TPSA) is 59.8 Å². The maximum atomic E-state index is 12.1. The van der Waals surface area contributed by atoms with Crippen LogP contribution in [0.25, 0.3) is 16.7 Å². The van der Waals surface area contributed by atoms with Crippen LogP contribution in [0.3, 0.4) is 0 Å². The van der Waals surface area contributed by atoms with Crippen LogP contribution in [0.15, 0.2) is 36.4 Å². The van der Waals surface area contributed by atoms with Crippen molar-refractivity contribution in [1.29, 1.82) is 0 Å². The molecule has 0 bridgehead atoms. The summed E-state index contributed by atoms with van der Waals surface area (Å²) in [6.45, 7) is 3.98. The van der Waals surface area contributed by atoms with E-state index in [0.29, 0.717) is 5.82 Å². The number of para-hydroxylation sites is 1. The standard InChI is InChI=1S/C18H18N4O/c1-11-9-16(19-15-6-4-3-5-14(11)15)22-17(10-12(2)21-22)20-18(23)13-7-8-13/h3-6,9-10,13H,7-8H2,1-2H3,(H,20,23). The van der Waals surface area contributed by atoms with Crippen molar-refractivity contribution < 1.29 is 4.79 Å². The fourth-order valence-electron chi connectivity index (χ4n) is 2.78. The van der Waals surface area contributed by atoms with Crippen LogP contribution in [-0.2, 0) is 4.79 Å². The fourth-order valence-corrected chi connectivity index (χ4v) is 2.78. The quantitative estimate of drug-likeness (QED) is 0.807. The zero-order valence-corrected chi connectivity index (χ0v) is 13.2. The van der Waals surface area contributed by atoms with Gasteiger partial charge in [0.2, 0.25) is 5.91 Å². The van der Waals surface area contributed by atoms with Crippen LogP contribution in [0.2, 0.25) is 0 Å². The number of anilines is 1. The first-order valence-electron chi connectivity index (χ1n) is 7.86. The third kappa shape index (κ3) is 2.59. The number of carbonyl (C=O) groups is 1. The number of pyridine rings is 1. The predicted molar refractivity (Wildman–Crippen MR) is 89.7 cm³/mol. The molecule has 2 heterocycles. The summed E-state index contributed by atoms with van der Waals surface area (Å²) in [6.07, 6.45) is 1.96. The summed E-state index contributed by atoms with van der Waals surface area (Å²) in [5.74, 6) is 1.63. The van der Waals surface area contributed by atoms with Crippen molar-refractivity contribution in [3.05, 3.63) is 47.7 Å². The van der Waals surface area contributed by atoms with Crippen LogP contribution in [-0.4, -0.2) is 20.7 Å². The number of amides is 1. The minimum absolute atomic E-state index is 0.0728. The number of carbonyl (C=O) groups excluding carboxylic acids is 1. The number of nitrogens with zero attached hydrogens (tertiary/aromatic N) is 3. The third-order valence-corrected chi connectivity index (χ3v) is 4.16. The highest BCUT2D eigenvalue weighted by Gasteiger charge is 2.30. The number of nitrogens with one attached hydrogen (secondary N) is 1. The smallest absolute Gasteiger partial charge is 0.228 e. The summed E-state index contributed by atoms with van der Waals surface area (Å²) in [7, 11) is 0. The van der Waals surface area contributed by atoms with Crippen LogP contribution in [0.4, 0.5) is 5.82 Å². The second kappa shape index (κ2) is 5.19. The van der Waals surface area contributed by atoms with Crippen molar-refractivity contribution >= 4 is 22.6 Å². The molecule has 1 N–H and O–H groups in total. The number of aromatic nitrogens is 3. The van der Waals surface area contributed by atoms with Gasteiger partial charge in [-0.15, -0.1) is 0 Å². The van der Waals surface area contributed by atoms with Gasteiger partial charge in [-0.2, -0.15) is 9.78 Å². The Kier molecular flexibility index (Phi) is 3.15. The molecular weight excluding hydrogens is 288 g/mol. The fraction of sp³-hybridized carbons (Fsp3) is 0.278. The van der Waals surface area contributed by atoms with E-state index in [0.717, 1.165) is 40.8 Å². The SMILES string of the molecule is Cc1cc(NC(=O)C2CC2)n(-c2cc(C)c3ccccc3n2)n1. The second-order valence-electron chi connectivity index (χ2n) is 6.16. The van der Waals surface area contributed by atoms with E-state index in [1.807, 2.05) is 37.3 Å². The van der Waals surface area contributed by atoms with Crippen molar-refractivity contribution in [2.45, 2.75) is 26.7 Å². The van der Waals surface area contributed by atoms with Gasteiger partial charge in [0, 0.05) is 17.4 Å². The molecule has 0 unspecified atom stereocenters. The molecule has 3 aromatic rings. The number of hydrogen-bond donors (Lipinski definition) is 1.